The first-order valence-electron chi connectivity index (χ1n) is 7.35. The normalized spacial score (nSPS) is 10.3. The van der Waals surface area contributed by atoms with Crippen LogP contribution < -0.4 is 10.7 Å². The van der Waals surface area contributed by atoms with Crippen LogP contribution in [0.15, 0.2) is 35.5 Å². The molecule has 0 aliphatic heterocycles. The number of hydrogen-bond donors (Lipinski definition) is 2. The fourth-order valence-electron chi connectivity index (χ4n) is 1.80. The number of amides is 1. The maximum atomic E-state index is 11.4. The molecule has 0 aliphatic carbocycles. The van der Waals surface area contributed by atoms with Gasteiger partial charge in [0.15, 0.2) is 10.9 Å². The molecular weight excluding hydrogens is 330 g/mol. The number of carbonyl (C=O) groups is 1. The highest BCUT2D eigenvalue weighted by atomic mass is 32.2. The van der Waals surface area contributed by atoms with Crippen molar-refractivity contribution >= 4 is 35.0 Å². The molecule has 0 aliphatic rings. The SMILES string of the molecule is CCC(=O)NC(=S)Nn1c(CC)nnc1SCc1ccccc1. The molecule has 0 spiro atoms. The Hall–Kier alpha value is -1.93. The van der Waals surface area contributed by atoms with Crippen LogP contribution in [-0.4, -0.2) is 25.9 Å². The third-order valence-electron chi connectivity index (χ3n) is 3.01. The van der Waals surface area contributed by atoms with Crippen molar-refractivity contribution < 1.29 is 4.79 Å². The lowest BCUT2D eigenvalue weighted by molar-refractivity contribution is -0.119. The van der Waals surface area contributed by atoms with Crippen LogP contribution >= 0.6 is 24.0 Å². The van der Waals surface area contributed by atoms with Crippen LogP contribution in [0, 0.1) is 0 Å². The predicted molar refractivity (Wildman–Crippen MR) is 95.8 cm³/mol. The minimum absolute atomic E-state index is 0.132. The van der Waals surface area contributed by atoms with Gasteiger partial charge in [-0.3, -0.25) is 10.2 Å². The first-order chi connectivity index (χ1) is 11.1. The average Bonchev–Trinajstić information content (AvgIpc) is 2.95. The van der Waals surface area contributed by atoms with Crippen LogP contribution in [0.2, 0.25) is 0 Å². The van der Waals surface area contributed by atoms with E-state index >= 15 is 0 Å². The standard InChI is InChI=1S/C15H19N5OS2/c1-3-12-17-18-15(23-10-11-8-6-5-7-9-11)20(12)19-14(22)16-13(21)4-2/h5-9H,3-4,10H2,1-2H3,(H2,16,19,21,22). The molecule has 0 atom stereocenters. The molecule has 2 N–H and O–H groups in total. The molecule has 2 rings (SSSR count). The Morgan fingerprint density at radius 2 is 2.00 bits per heavy atom. The number of thiocarbonyl (C=S) groups is 1. The Kier molecular flexibility index (Phi) is 6.54. The van der Waals surface area contributed by atoms with E-state index in [0.717, 1.165) is 11.6 Å². The van der Waals surface area contributed by atoms with E-state index in [1.54, 1.807) is 23.4 Å². The van der Waals surface area contributed by atoms with E-state index in [9.17, 15) is 4.79 Å². The zero-order chi connectivity index (χ0) is 16.7. The van der Waals surface area contributed by atoms with Gasteiger partial charge in [0.1, 0.15) is 0 Å². The van der Waals surface area contributed by atoms with Crippen molar-refractivity contribution in [1.82, 2.24) is 20.2 Å². The number of nitrogens with zero attached hydrogens (tertiary/aromatic N) is 3. The summed E-state index contributed by atoms with van der Waals surface area (Å²) < 4.78 is 1.73. The van der Waals surface area contributed by atoms with Crippen molar-refractivity contribution in [3.8, 4) is 0 Å². The molecule has 1 amide bonds. The van der Waals surface area contributed by atoms with Gasteiger partial charge in [0.2, 0.25) is 11.1 Å². The summed E-state index contributed by atoms with van der Waals surface area (Å²) in [6.07, 6.45) is 1.08. The molecular formula is C15H19N5OS2. The van der Waals surface area contributed by atoms with Crippen LogP contribution in [-0.2, 0) is 17.0 Å². The van der Waals surface area contributed by atoms with Crippen LogP contribution in [0.5, 0.6) is 0 Å². The first kappa shape index (κ1) is 17.4. The molecule has 0 saturated carbocycles. The van der Waals surface area contributed by atoms with Gasteiger partial charge in [0.05, 0.1) is 0 Å². The Morgan fingerprint density at radius 1 is 1.26 bits per heavy atom. The van der Waals surface area contributed by atoms with Crippen molar-refractivity contribution in [3.05, 3.63) is 41.7 Å². The smallest absolute Gasteiger partial charge is 0.225 e. The average molecular weight is 349 g/mol. The van der Waals surface area contributed by atoms with Gasteiger partial charge in [-0.2, -0.15) is 0 Å². The van der Waals surface area contributed by atoms with E-state index in [1.807, 2.05) is 25.1 Å². The second-order valence-electron chi connectivity index (χ2n) is 4.70. The van der Waals surface area contributed by atoms with Gasteiger partial charge in [-0.25, -0.2) is 4.68 Å². The number of aromatic nitrogens is 3. The topological polar surface area (TPSA) is 71.8 Å². The largest absolute Gasteiger partial charge is 0.302 e. The predicted octanol–water partition coefficient (Wildman–Crippen LogP) is 2.49. The summed E-state index contributed by atoms with van der Waals surface area (Å²) in [5, 5.41) is 11.9. The number of benzene rings is 1. The number of carbonyl (C=O) groups excluding carboxylic acids is 1. The molecule has 23 heavy (non-hydrogen) atoms. The Labute approximate surface area is 145 Å². The zero-order valence-electron chi connectivity index (χ0n) is 13.1. The van der Waals surface area contributed by atoms with Gasteiger partial charge in [0, 0.05) is 18.6 Å². The number of aryl methyl sites for hydroxylation is 1. The van der Waals surface area contributed by atoms with Gasteiger partial charge in [-0.05, 0) is 17.8 Å². The van der Waals surface area contributed by atoms with E-state index in [0.29, 0.717) is 18.0 Å². The number of nitrogens with one attached hydrogen (secondary N) is 2. The van der Waals surface area contributed by atoms with Crippen molar-refractivity contribution in [1.29, 1.82) is 0 Å². The molecule has 122 valence electrons. The summed E-state index contributed by atoms with van der Waals surface area (Å²) in [6, 6.07) is 10.1. The van der Waals surface area contributed by atoms with E-state index in [-0.39, 0.29) is 11.0 Å². The van der Waals surface area contributed by atoms with Gasteiger partial charge in [-0.1, -0.05) is 55.9 Å². The lowest BCUT2D eigenvalue weighted by Gasteiger charge is -2.13. The van der Waals surface area contributed by atoms with Crippen LogP contribution in [0.25, 0.3) is 0 Å². The molecule has 0 radical (unpaired) electrons. The molecule has 0 fully saturated rings. The van der Waals surface area contributed by atoms with Crippen molar-refractivity contribution in [3.63, 3.8) is 0 Å². The Bertz CT molecular complexity index is 672. The molecule has 1 heterocycles. The third-order valence-corrected chi connectivity index (χ3v) is 4.21. The molecule has 0 unspecified atom stereocenters. The second kappa shape index (κ2) is 8.64. The Balaban J connectivity index is 2.07. The molecule has 6 nitrogen and oxygen atoms in total. The highest BCUT2D eigenvalue weighted by molar-refractivity contribution is 7.98. The van der Waals surface area contributed by atoms with Crippen molar-refractivity contribution in [2.24, 2.45) is 0 Å². The quantitative estimate of drug-likeness (QED) is 0.617. The molecule has 1 aromatic heterocycles. The molecule has 2 aromatic rings. The fraction of sp³-hybridized carbons (Fsp3) is 0.333. The molecule has 0 bridgehead atoms. The van der Waals surface area contributed by atoms with E-state index < -0.39 is 0 Å². The van der Waals surface area contributed by atoms with Crippen LogP contribution in [0.4, 0.5) is 0 Å². The number of rotatable bonds is 6. The summed E-state index contributed by atoms with van der Waals surface area (Å²) in [7, 11) is 0. The summed E-state index contributed by atoms with van der Waals surface area (Å²) in [5.74, 6) is 1.40. The molecule has 1 aromatic carbocycles. The first-order valence-corrected chi connectivity index (χ1v) is 8.75. The summed E-state index contributed by atoms with van der Waals surface area (Å²) in [6.45, 7) is 3.76. The lowest BCUT2D eigenvalue weighted by Crippen LogP contribution is -2.38. The number of hydrogen-bond acceptors (Lipinski definition) is 5. The minimum Gasteiger partial charge on any atom is -0.302 e. The van der Waals surface area contributed by atoms with Crippen molar-refractivity contribution in [2.45, 2.75) is 37.6 Å². The molecule has 8 heteroatoms. The van der Waals surface area contributed by atoms with Gasteiger partial charge < -0.3 is 5.32 Å². The molecule has 0 saturated heterocycles. The number of thioether (sulfide) groups is 1. The third kappa shape index (κ3) is 5.04. The summed E-state index contributed by atoms with van der Waals surface area (Å²) >= 11 is 6.72. The van der Waals surface area contributed by atoms with Gasteiger partial charge in [0.25, 0.3) is 0 Å². The summed E-state index contributed by atoms with van der Waals surface area (Å²) in [5.41, 5.74) is 4.18. The highest BCUT2D eigenvalue weighted by Gasteiger charge is 2.13. The van der Waals surface area contributed by atoms with Crippen molar-refractivity contribution in [2.75, 3.05) is 5.43 Å². The van der Waals surface area contributed by atoms with E-state index in [1.165, 1.54) is 5.56 Å². The maximum Gasteiger partial charge on any atom is 0.225 e. The Morgan fingerprint density at radius 3 is 2.65 bits per heavy atom. The van der Waals surface area contributed by atoms with Crippen LogP contribution in [0.3, 0.4) is 0 Å². The lowest BCUT2D eigenvalue weighted by atomic mass is 10.2. The van der Waals surface area contributed by atoms with E-state index in [4.69, 9.17) is 12.2 Å². The minimum atomic E-state index is -0.132. The maximum absolute atomic E-state index is 11.4. The van der Waals surface area contributed by atoms with Gasteiger partial charge in [-0.15, -0.1) is 10.2 Å². The summed E-state index contributed by atoms with van der Waals surface area (Å²) in [4.78, 5) is 11.4. The fourth-order valence-corrected chi connectivity index (χ4v) is 2.87. The zero-order valence-corrected chi connectivity index (χ0v) is 14.7. The van der Waals surface area contributed by atoms with Gasteiger partial charge >= 0.3 is 0 Å². The van der Waals surface area contributed by atoms with E-state index in [2.05, 4.69) is 33.1 Å². The highest BCUT2D eigenvalue weighted by Crippen LogP contribution is 2.21. The monoisotopic (exact) mass is 349 g/mol. The van der Waals surface area contributed by atoms with Crippen LogP contribution in [0.1, 0.15) is 31.7 Å². The second-order valence-corrected chi connectivity index (χ2v) is 6.06.